The fourth-order valence-corrected chi connectivity index (χ4v) is 2.68. The molecule has 0 heterocycles. The van der Waals surface area contributed by atoms with E-state index < -0.39 is 15.4 Å². The number of hydrogen-bond acceptors (Lipinski definition) is 4. The summed E-state index contributed by atoms with van der Waals surface area (Å²) < 4.78 is 37.4. The molecule has 78 valence electrons. The van der Waals surface area contributed by atoms with E-state index in [-0.39, 0.29) is 57.5 Å². The number of ether oxygens (including phenoxy) is 1. The van der Waals surface area contributed by atoms with E-state index in [2.05, 4.69) is 0 Å². The van der Waals surface area contributed by atoms with E-state index in [1.807, 2.05) is 6.92 Å². The zero-order valence-corrected chi connectivity index (χ0v) is 12.8. The number of rotatable bonds is 2. The third kappa shape index (κ3) is 4.17. The molecule has 0 spiro atoms. The van der Waals surface area contributed by atoms with Crippen LogP contribution in [0.15, 0.2) is 0 Å². The molecule has 6 heteroatoms. The first-order chi connectivity index (χ1) is 5.95. The zero-order valence-electron chi connectivity index (χ0n) is 8.89. The van der Waals surface area contributed by atoms with Gasteiger partial charge in [-0.15, -0.1) is 0 Å². The van der Waals surface area contributed by atoms with Gasteiger partial charge in [-0.05, 0) is 25.2 Å². The molecule has 1 aliphatic carbocycles. The summed E-state index contributed by atoms with van der Waals surface area (Å²) in [6, 6.07) is 0. The van der Waals surface area contributed by atoms with E-state index in [0.29, 0.717) is 18.8 Å². The molecule has 3 atom stereocenters. The summed E-state index contributed by atoms with van der Waals surface area (Å²) in [6.07, 6.45) is 1.50. The summed E-state index contributed by atoms with van der Waals surface area (Å²) in [6.45, 7) is 2.02. The predicted octanol–water partition coefficient (Wildman–Crippen LogP) is -2.26. The molecule has 0 aromatic carbocycles. The summed E-state index contributed by atoms with van der Waals surface area (Å²) in [5, 5.41) is -0.742. The zero-order chi connectivity index (χ0) is 10.1. The SMILES string of the molecule is COC1CC(S(=O)(=O)[O-])CCC1C.[K+]. The van der Waals surface area contributed by atoms with Gasteiger partial charge in [0.15, 0.2) is 0 Å². The summed E-state index contributed by atoms with van der Waals surface area (Å²) in [4.78, 5) is 0. The fourth-order valence-electron chi connectivity index (χ4n) is 1.83. The van der Waals surface area contributed by atoms with Crippen LogP contribution in [0.4, 0.5) is 0 Å². The first kappa shape index (κ1) is 15.5. The quantitative estimate of drug-likeness (QED) is 0.407. The van der Waals surface area contributed by atoms with Crippen LogP contribution in [0, 0.1) is 5.92 Å². The van der Waals surface area contributed by atoms with Crippen molar-refractivity contribution in [2.75, 3.05) is 7.11 Å². The van der Waals surface area contributed by atoms with Crippen LogP contribution in [0.2, 0.25) is 0 Å². The normalized spacial score (nSPS) is 33.5. The summed E-state index contributed by atoms with van der Waals surface area (Å²) in [5.41, 5.74) is 0. The minimum absolute atomic E-state index is 0. The Kier molecular flexibility index (Phi) is 6.97. The van der Waals surface area contributed by atoms with Gasteiger partial charge in [0.2, 0.25) is 0 Å². The number of hydrogen-bond donors (Lipinski definition) is 0. The predicted molar refractivity (Wildman–Crippen MR) is 47.3 cm³/mol. The van der Waals surface area contributed by atoms with Crippen LogP contribution in [-0.4, -0.2) is 31.4 Å². The van der Waals surface area contributed by atoms with E-state index in [1.165, 1.54) is 0 Å². The van der Waals surface area contributed by atoms with Crippen molar-refractivity contribution >= 4 is 10.1 Å². The fraction of sp³-hybridized carbons (Fsp3) is 1.00. The summed E-state index contributed by atoms with van der Waals surface area (Å²) >= 11 is 0. The van der Waals surface area contributed by atoms with E-state index in [9.17, 15) is 13.0 Å². The van der Waals surface area contributed by atoms with Crippen LogP contribution in [0.25, 0.3) is 0 Å². The van der Waals surface area contributed by atoms with Crippen LogP contribution in [0.3, 0.4) is 0 Å². The first-order valence-corrected chi connectivity index (χ1v) is 5.89. The Balaban J connectivity index is 0.00000169. The van der Waals surface area contributed by atoms with Gasteiger partial charge in [-0.2, -0.15) is 0 Å². The summed E-state index contributed by atoms with van der Waals surface area (Å²) in [7, 11) is -2.57. The standard InChI is InChI=1S/C8H16O4S.K/c1-6-3-4-7(13(9,10)11)5-8(6)12-2;/h6-8H,3-5H2,1-2H3,(H,9,10,11);/q;+1/p-1. The van der Waals surface area contributed by atoms with E-state index >= 15 is 0 Å². The molecule has 3 unspecified atom stereocenters. The van der Waals surface area contributed by atoms with Crippen molar-refractivity contribution in [2.45, 2.75) is 37.5 Å². The van der Waals surface area contributed by atoms with Crippen LogP contribution < -0.4 is 51.4 Å². The van der Waals surface area contributed by atoms with Gasteiger partial charge in [-0.3, -0.25) is 0 Å². The van der Waals surface area contributed by atoms with Crippen molar-refractivity contribution in [3.8, 4) is 0 Å². The molecule has 1 rings (SSSR count). The Bertz CT molecular complexity index is 265. The van der Waals surface area contributed by atoms with Gasteiger partial charge in [0, 0.05) is 7.11 Å². The summed E-state index contributed by atoms with van der Waals surface area (Å²) in [5.74, 6) is 0.350. The molecular weight excluding hydrogens is 231 g/mol. The molecule has 0 amide bonds. The van der Waals surface area contributed by atoms with E-state index in [4.69, 9.17) is 4.74 Å². The minimum atomic E-state index is -4.12. The van der Waals surface area contributed by atoms with Crippen LogP contribution >= 0.6 is 0 Å². The van der Waals surface area contributed by atoms with Crippen molar-refractivity contribution in [1.82, 2.24) is 0 Å². The van der Waals surface area contributed by atoms with Gasteiger partial charge in [0.1, 0.15) is 0 Å². The Labute approximate surface area is 128 Å². The van der Waals surface area contributed by atoms with Crippen molar-refractivity contribution < 1.29 is 69.1 Å². The van der Waals surface area contributed by atoms with Gasteiger partial charge < -0.3 is 9.29 Å². The smallest absolute Gasteiger partial charge is 0.748 e. The van der Waals surface area contributed by atoms with Crippen LogP contribution in [0.1, 0.15) is 26.2 Å². The first-order valence-electron chi connectivity index (χ1n) is 4.42. The molecule has 0 radical (unpaired) electrons. The van der Waals surface area contributed by atoms with Crippen LogP contribution in [0.5, 0.6) is 0 Å². The largest absolute Gasteiger partial charge is 1.00 e. The third-order valence-corrected chi connectivity index (χ3v) is 4.03. The maximum atomic E-state index is 10.7. The van der Waals surface area contributed by atoms with E-state index in [1.54, 1.807) is 7.11 Å². The molecule has 0 aromatic rings. The van der Waals surface area contributed by atoms with Gasteiger partial charge in [-0.25, -0.2) is 8.42 Å². The van der Waals surface area contributed by atoms with Crippen molar-refractivity contribution in [3.05, 3.63) is 0 Å². The van der Waals surface area contributed by atoms with Gasteiger partial charge in [0.25, 0.3) is 0 Å². The average molecular weight is 246 g/mol. The number of methoxy groups -OCH3 is 1. The molecule has 4 nitrogen and oxygen atoms in total. The van der Waals surface area contributed by atoms with E-state index in [0.717, 1.165) is 6.42 Å². The third-order valence-electron chi connectivity index (χ3n) is 2.78. The molecule has 0 N–H and O–H groups in total. The van der Waals surface area contributed by atoms with Crippen LogP contribution in [-0.2, 0) is 14.9 Å². The molecular formula is C8H15KO4S. The molecule has 14 heavy (non-hydrogen) atoms. The maximum Gasteiger partial charge on any atom is 1.00 e. The molecule has 1 saturated carbocycles. The molecule has 1 fully saturated rings. The second kappa shape index (κ2) is 6.29. The Hall–Kier alpha value is 1.51. The maximum absolute atomic E-state index is 10.7. The molecule has 1 aliphatic rings. The average Bonchev–Trinajstić information content (AvgIpc) is 2.03. The molecule has 0 aliphatic heterocycles. The van der Waals surface area contributed by atoms with Gasteiger partial charge >= 0.3 is 51.4 Å². The van der Waals surface area contributed by atoms with Gasteiger partial charge in [-0.1, -0.05) is 6.92 Å². The van der Waals surface area contributed by atoms with Crippen molar-refractivity contribution in [2.24, 2.45) is 5.92 Å². The molecule has 0 aromatic heterocycles. The molecule has 0 saturated heterocycles. The van der Waals surface area contributed by atoms with Crippen molar-refractivity contribution in [3.63, 3.8) is 0 Å². The minimum Gasteiger partial charge on any atom is -0.748 e. The second-order valence-electron chi connectivity index (χ2n) is 3.68. The second-order valence-corrected chi connectivity index (χ2v) is 5.33. The topological polar surface area (TPSA) is 66.4 Å². The molecule has 0 bridgehead atoms. The van der Waals surface area contributed by atoms with Crippen molar-refractivity contribution in [1.29, 1.82) is 0 Å². The Morgan fingerprint density at radius 1 is 1.36 bits per heavy atom. The Morgan fingerprint density at radius 2 is 1.93 bits per heavy atom. The Morgan fingerprint density at radius 3 is 2.36 bits per heavy atom. The van der Waals surface area contributed by atoms with Gasteiger partial charge in [0.05, 0.1) is 21.5 Å². The monoisotopic (exact) mass is 246 g/mol.